The van der Waals surface area contributed by atoms with Crippen LogP contribution in [-0.4, -0.2) is 59.9 Å². The van der Waals surface area contributed by atoms with Crippen LogP contribution in [0.25, 0.3) is 0 Å². The number of methoxy groups -OCH3 is 1. The quantitative estimate of drug-likeness (QED) is 0.893. The molecular weight excluding hydrogens is 330 g/mol. The van der Waals surface area contributed by atoms with Gasteiger partial charge in [0.05, 0.1) is 19.1 Å². The van der Waals surface area contributed by atoms with Crippen molar-refractivity contribution in [2.75, 3.05) is 33.3 Å². The first-order valence-corrected chi connectivity index (χ1v) is 8.98. The lowest BCUT2D eigenvalue weighted by Gasteiger charge is -2.35. The summed E-state index contributed by atoms with van der Waals surface area (Å²) in [5.74, 6) is 0.662. The Morgan fingerprint density at radius 1 is 1.08 bits per heavy atom. The minimum atomic E-state index is -0.0325. The highest BCUT2D eigenvalue weighted by atomic mass is 16.5. The summed E-state index contributed by atoms with van der Waals surface area (Å²) in [6.45, 7) is 4.26. The summed E-state index contributed by atoms with van der Waals surface area (Å²) in [6.07, 6.45) is 4.91. The van der Waals surface area contributed by atoms with E-state index >= 15 is 0 Å². The Balaban J connectivity index is 1.62. The average molecular weight is 355 g/mol. The molecule has 1 saturated heterocycles. The molecule has 1 aromatic heterocycles. The van der Waals surface area contributed by atoms with Crippen LogP contribution in [0.1, 0.15) is 28.4 Å². The number of aromatic nitrogens is 1. The van der Waals surface area contributed by atoms with E-state index in [0.29, 0.717) is 43.9 Å². The third-order valence-corrected chi connectivity index (χ3v) is 4.84. The summed E-state index contributed by atoms with van der Waals surface area (Å²) in [6, 6.07) is 7.64. The molecule has 26 heavy (non-hydrogen) atoms. The summed E-state index contributed by atoms with van der Waals surface area (Å²) in [5, 5.41) is 0. The van der Waals surface area contributed by atoms with Crippen LogP contribution >= 0.6 is 0 Å². The van der Waals surface area contributed by atoms with Crippen LogP contribution in [-0.2, 0) is 17.6 Å². The molecule has 2 aromatic rings. The number of nitrogens with one attached hydrogen (secondary N) is 1. The van der Waals surface area contributed by atoms with Crippen LogP contribution in [0.15, 0.2) is 36.7 Å². The van der Waals surface area contributed by atoms with Crippen LogP contribution < -0.4 is 4.74 Å². The third kappa shape index (κ3) is 3.90. The van der Waals surface area contributed by atoms with Crippen LogP contribution in [0, 0.1) is 0 Å². The molecule has 0 radical (unpaired) electrons. The van der Waals surface area contributed by atoms with Gasteiger partial charge in [0.1, 0.15) is 5.75 Å². The van der Waals surface area contributed by atoms with Crippen molar-refractivity contribution < 1.29 is 14.3 Å². The van der Waals surface area contributed by atoms with Gasteiger partial charge in [-0.25, -0.2) is 0 Å². The van der Waals surface area contributed by atoms with Crippen molar-refractivity contribution >= 4 is 11.8 Å². The molecule has 1 aromatic carbocycles. The number of rotatable bonds is 5. The molecule has 6 heteroatoms. The van der Waals surface area contributed by atoms with Crippen molar-refractivity contribution in [1.29, 1.82) is 0 Å². The minimum Gasteiger partial charge on any atom is -0.496 e. The topological polar surface area (TPSA) is 65.6 Å². The number of hydrogen-bond acceptors (Lipinski definition) is 3. The van der Waals surface area contributed by atoms with E-state index in [4.69, 9.17) is 4.74 Å². The number of nitrogens with zero attached hydrogens (tertiary/aromatic N) is 2. The molecule has 0 spiro atoms. The van der Waals surface area contributed by atoms with E-state index < -0.39 is 0 Å². The van der Waals surface area contributed by atoms with Gasteiger partial charge in [0.25, 0.3) is 5.91 Å². The number of carbonyl (C=O) groups is 2. The first-order chi connectivity index (χ1) is 12.6. The van der Waals surface area contributed by atoms with Crippen molar-refractivity contribution in [2.45, 2.75) is 19.8 Å². The van der Waals surface area contributed by atoms with E-state index in [1.165, 1.54) is 0 Å². The highest BCUT2D eigenvalue weighted by molar-refractivity contribution is 5.97. The number of aromatic amines is 1. The highest BCUT2D eigenvalue weighted by Crippen LogP contribution is 2.23. The number of H-pyrrole nitrogens is 1. The normalized spacial score (nSPS) is 14.4. The first kappa shape index (κ1) is 18.0. The molecule has 1 N–H and O–H groups in total. The van der Waals surface area contributed by atoms with E-state index in [0.717, 1.165) is 17.5 Å². The lowest BCUT2D eigenvalue weighted by Crippen LogP contribution is -2.51. The second-order valence-electron chi connectivity index (χ2n) is 6.46. The van der Waals surface area contributed by atoms with Gasteiger partial charge in [0, 0.05) is 38.6 Å². The molecule has 0 aliphatic carbocycles. The number of amides is 2. The molecule has 1 aliphatic rings. The second kappa shape index (κ2) is 8.08. The van der Waals surface area contributed by atoms with Crippen LogP contribution in [0.4, 0.5) is 0 Å². The Bertz CT molecular complexity index is 763. The van der Waals surface area contributed by atoms with Gasteiger partial charge in [0.15, 0.2) is 0 Å². The lowest BCUT2D eigenvalue weighted by molar-refractivity contribution is -0.131. The van der Waals surface area contributed by atoms with Gasteiger partial charge < -0.3 is 19.5 Å². The largest absolute Gasteiger partial charge is 0.496 e. The Morgan fingerprint density at radius 3 is 2.42 bits per heavy atom. The Hall–Kier alpha value is -2.76. The van der Waals surface area contributed by atoms with Crippen LogP contribution in [0.2, 0.25) is 0 Å². The number of piperazine rings is 1. The third-order valence-electron chi connectivity index (χ3n) is 4.84. The zero-order chi connectivity index (χ0) is 18.5. The molecule has 0 saturated carbocycles. The fraction of sp³-hybridized carbons (Fsp3) is 0.400. The van der Waals surface area contributed by atoms with Gasteiger partial charge >= 0.3 is 0 Å². The number of aryl methyl sites for hydroxylation is 1. The summed E-state index contributed by atoms with van der Waals surface area (Å²) >= 11 is 0. The zero-order valence-corrected chi connectivity index (χ0v) is 15.3. The average Bonchev–Trinajstić information content (AvgIpc) is 3.20. The molecule has 0 unspecified atom stereocenters. The molecular formula is C20H25N3O3. The van der Waals surface area contributed by atoms with Gasteiger partial charge in [-0.2, -0.15) is 0 Å². The maximum atomic E-state index is 12.9. The van der Waals surface area contributed by atoms with Crippen molar-refractivity contribution in [1.82, 2.24) is 14.8 Å². The van der Waals surface area contributed by atoms with Crippen molar-refractivity contribution in [2.24, 2.45) is 0 Å². The van der Waals surface area contributed by atoms with Crippen molar-refractivity contribution in [3.05, 3.63) is 53.3 Å². The zero-order valence-electron chi connectivity index (χ0n) is 15.3. The van der Waals surface area contributed by atoms with Gasteiger partial charge in [-0.05, 0) is 35.7 Å². The van der Waals surface area contributed by atoms with Crippen LogP contribution in [0.3, 0.4) is 0 Å². The standard InChI is InChI=1S/C20H25N3O3/c1-3-15-4-5-18(26-2)17(12-15)20(25)23-10-8-22(9-11-23)19(24)13-16-6-7-21-14-16/h4-7,12,14,21H,3,8-11,13H2,1-2H3. The Kier molecular flexibility index (Phi) is 5.61. The molecule has 1 fully saturated rings. The number of ether oxygens (including phenoxy) is 1. The monoisotopic (exact) mass is 355 g/mol. The molecule has 3 rings (SSSR count). The van der Waals surface area contributed by atoms with Gasteiger partial charge in [-0.1, -0.05) is 13.0 Å². The predicted octanol–water partition coefficient (Wildman–Crippen LogP) is 2.11. The summed E-state index contributed by atoms with van der Waals surface area (Å²) in [7, 11) is 1.58. The maximum Gasteiger partial charge on any atom is 0.257 e. The Morgan fingerprint density at radius 2 is 1.81 bits per heavy atom. The van der Waals surface area contributed by atoms with Crippen LogP contribution in [0.5, 0.6) is 5.75 Å². The predicted molar refractivity (Wildman–Crippen MR) is 99.4 cm³/mol. The number of carbonyl (C=O) groups excluding carboxylic acids is 2. The summed E-state index contributed by atoms with van der Waals surface area (Å²) < 4.78 is 5.36. The molecule has 2 amide bonds. The fourth-order valence-corrected chi connectivity index (χ4v) is 3.23. The molecule has 1 aliphatic heterocycles. The Labute approximate surface area is 153 Å². The fourth-order valence-electron chi connectivity index (χ4n) is 3.23. The highest BCUT2D eigenvalue weighted by Gasteiger charge is 2.26. The molecule has 6 nitrogen and oxygen atoms in total. The molecule has 0 bridgehead atoms. The summed E-state index contributed by atoms with van der Waals surface area (Å²) in [4.78, 5) is 31.9. The van der Waals surface area contributed by atoms with E-state index in [1.54, 1.807) is 12.0 Å². The van der Waals surface area contributed by atoms with Gasteiger partial charge in [-0.15, -0.1) is 0 Å². The van der Waals surface area contributed by atoms with E-state index in [-0.39, 0.29) is 11.8 Å². The SMILES string of the molecule is CCc1ccc(OC)c(C(=O)N2CCN(C(=O)Cc3cc[nH]c3)CC2)c1. The van der Waals surface area contributed by atoms with E-state index in [1.807, 2.05) is 41.6 Å². The first-order valence-electron chi connectivity index (χ1n) is 8.98. The lowest BCUT2D eigenvalue weighted by atomic mass is 10.1. The number of hydrogen-bond donors (Lipinski definition) is 1. The smallest absolute Gasteiger partial charge is 0.257 e. The van der Waals surface area contributed by atoms with Gasteiger partial charge in [0.2, 0.25) is 5.91 Å². The summed E-state index contributed by atoms with van der Waals surface area (Å²) in [5.41, 5.74) is 2.68. The minimum absolute atomic E-state index is 0.0325. The maximum absolute atomic E-state index is 12.9. The molecule has 0 atom stereocenters. The second-order valence-corrected chi connectivity index (χ2v) is 6.46. The van der Waals surface area contributed by atoms with E-state index in [9.17, 15) is 9.59 Å². The molecule has 138 valence electrons. The van der Waals surface area contributed by atoms with Gasteiger partial charge in [-0.3, -0.25) is 9.59 Å². The van der Waals surface area contributed by atoms with Crippen molar-refractivity contribution in [3.8, 4) is 5.75 Å². The van der Waals surface area contributed by atoms with E-state index in [2.05, 4.69) is 11.9 Å². The van der Waals surface area contributed by atoms with Crippen molar-refractivity contribution in [3.63, 3.8) is 0 Å². The number of benzene rings is 1. The molecule has 2 heterocycles.